The van der Waals surface area contributed by atoms with Crippen molar-refractivity contribution in [2.75, 3.05) is 0 Å². The number of aromatic amines is 2. The average Bonchev–Trinajstić information content (AvgIpc) is 3.20. The Hall–Kier alpha value is -3.08. The monoisotopic (exact) mass is 442 g/mol. The van der Waals surface area contributed by atoms with E-state index in [9.17, 15) is 18.0 Å². The minimum absolute atomic E-state index is 0.0727. The molecule has 4 aromatic rings. The molecule has 0 fully saturated rings. The largest absolute Gasteiger partial charge is 0.326 e. The van der Waals surface area contributed by atoms with Crippen molar-refractivity contribution in [2.45, 2.75) is 24.3 Å². The van der Waals surface area contributed by atoms with Gasteiger partial charge in [-0.1, -0.05) is 6.07 Å². The molecule has 3 aromatic heterocycles. The molecule has 3 N–H and O–H groups in total. The van der Waals surface area contributed by atoms with Crippen molar-refractivity contribution in [3.8, 4) is 0 Å². The summed E-state index contributed by atoms with van der Waals surface area (Å²) in [6.07, 6.45) is 2.06. The van der Waals surface area contributed by atoms with Crippen molar-refractivity contribution in [3.63, 3.8) is 0 Å². The van der Waals surface area contributed by atoms with E-state index in [2.05, 4.69) is 19.7 Å². The standard InChI is InChI=1S/C20H18N4O4S2/c1-12-3-2-7-21-18(12)17(9-13-6-8-29-11-13)24-30(27,28)14-4-5-16-15(10-14)19(25)23-20(26)22-16/h2-8,10-11,17,24H,9H2,1H3,(H2,22,23,25,26). The molecule has 8 nitrogen and oxygen atoms in total. The number of rotatable bonds is 6. The van der Waals surface area contributed by atoms with Crippen molar-refractivity contribution < 1.29 is 8.42 Å². The van der Waals surface area contributed by atoms with Crippen molar-refractivity contribution in [1.29, 1.82) is 0 Å². The summed E-state index contributed by atoms with van der Waals surface area (Å²) in [5.74, 6) is 0. The van der Waals surface area contributed by atoms with E-state index in [1.165, 1.54) is 29.5 Å². The lowest BCUT2D eigenvalue weighted by atomic mass is 10.0. The molecule has 3 heterocycles. The second-order valence-corrected chi connectivity index (χ2v) is 9.32. The van der Waals surface area contributed by atoms with Crippen LogP contribution in [0, 0.1) is 6.92 Å². The van der Waals surface area contributed by atoms with E-state index >= 15 is 0 Å². The highest BCUT2D eigenvalue weighted by Crippen LogP contribution is 2.24. The van der Waals surface area contributed by atoms with E-state index in [1.54, 1.807) is 12.3 Å². The van der Waals surface area contributed by atoms with Crippen LogP contribution >= 0.6 is 11.3 Å². The molecule has 0 radical (unpaired) electrons. The summed E-state index contributed by atoms with van der Waals surface area (Å²) < 4.78 is 29.0. The van der Waals surface area contributed by atoms with Crippen LogP contribution in [0.15, 0.2) is 67.8 Å². The molecule has 1 aromatic carbocycles. The molecule has 0 saturated carbocycles. The summed E-state index contributed by atoms with van der Waals surface area (Å²) in [4.78, 5) is 32.4. The minimum atomic E-state index is -3.98. The van der Waals surface area contributed by atoms with E-state index in [-0.39, 0.29) is 15.8 Å². The molecule has 0 amide bonds. The summed E-state index contributed by atoms with van der Waals surface area (Å²) in [5, 5.41) is 3.98. The van der Waals surface area contributed by atoms with Gasteiger partial charge in [-0.05, 0) is 65.6 Å². The molecule has 0 saturated heterocycles. The molecule has 4 rings (SSSR count). The summed E-state index contributed by atoms with van der Waals surface area (Å²) >= 11 is 1.53. The van der Waals surface area contributed by atoms with E-state index < -0.39 is 27.3 Å². The molecule has 0 aliphatic heterocycles. The van der Waals surface area contributed by atoms with Gasteiger partial charge in [0.1, 0.15) is 0 Å². The Morgan fingerprint density at radius 3 is 2.73 bits per heavy atom. The third-order valence-electron chi connectivity index (χ3n) is 4.72. The maximum atomic E-state index is 13.2. The highest BCUT2D eigenvalue weighted by Gasteiger charge is 2.24. The third kappa shape index (κ3) is 4.11. The van der Waals surface area contributed by atoms with Crippen LogP contribution in [0.4, 0.5) is 0 Å². The highest BCUT2D eigenvalue weighted by molar-refractivity contribution is 7.89. The Morgan fingerprint density at radius 2 is 2.00 bits per heavy atom. The van der Waals surface area contributed by atoms with Gasteiger partial charge < -0.3 is 4.98 Å². The van der Waals surface area contributed by atoms with Gasteiger partial charge in [0.25, 0.3) is 5.56 Å². The van der Waals surface area contributed by atoms with E-state index in [0.717, 1.165) is 11.1 Å². The Labute approximate surface area is 175 Å². The Morgan fingerprint density at radius 1 is 1.17 bits per heavy atom. The first-order chi connectivity index (χ1) is 14.3. The molecule has 0 spiro atoms. The number of aromatic nitrogens is 3. The van der Waals surface area contributed by atoms with Gasteiger partial charge in [0.05, 0.1) is 27.5 Å². The molecular weight excluding hydrogens is 424 g/mol. The normalized spacial score (nSPS) is 12.8. The van der Waals surface area contributed by atoms with Crippen LogP contribution in [0.25, 0.3) is 10.9 Å². The van der Waals surface area contributed by atoms with Gasteiger partial charge in [-0.2, -0.15) is 11.3 Å². The minimum Gasteiger partial charge on any atom is -0.307 e. The molecule has 30 heavy (non-hydrogen) atoms. The van der Waals surface area contributed by atoms with Crippen molar-refractivity contribution in [1.82, 2.24) is 19.7 Å². The third-order valence-corrected chi connectivity index (χ3v) is 6.92. The van der Waals surface area contributed by atoms with Crippen LogP contribution in [-0.2, 0) is 16.4 Å². The number of nitrogens with zero attached hydrogens (tertiary/aromatic N) is 1. The number of H-pyrrole nitrogens is 2. The van der Waals surface area contributed by atoms with Crippen molar-refractivity contribution in [3.05, 3.63) is 91.0 Å². The highest BCUT2D eigenvalue weighted by atomic mass is 32.2. The smallest absolute Gasteiger partial charge is 0.307 e. The quantitative estimate of drug-likeness (QED) is 0.422. The lowest BCUT2D eigenvalue weighted by Crippen LogP contribution is -2.31. The lowest BCUT2D eigenvalue weighted by molar-refractivity contribution is 0.549. The molecule has 0 aliphatic carbocycles. The number of thiophene rings is 1. The maximum Gasteiger partial charge on any atom is 0.326 e. The molecule has 10 heteroatoms. The molecular formula is C20H18N4O4S2. The van der Waals surface area contributed by atoms with Gasteiger partial charge in [-0.3, -0.25) is 14.8 Å². The van der Waals surface area contributed by atoms with E-state index in [0.29, 0.717) is 12.1 Å². The Balaban J connectivity index is 1.75. The summed E-state index contributed by atoms with van der Waals surface area (Å²) in [6, 6.07) is 9.03. The second kappa shape index (κ2) is 7.98. The first-order valence-electron chi connectivity index (χ1n) is 9.05. The maximum absolute atomic E-state index is 13.2. The lowest BCUT2D eigenvalue weighted by Gasteiger charge is -2.20. The number of hydrogen-bond donors (Lipinski definition) is 3. The van der Waals surface area contributed by atoms with Crippen LogP contribution in [0.5, 0.6) is 0 Å². The van der Waals surface area contributed by atoms with Gasteiger partial charge in [0, 0.05) is 6.20 Å². The Bertz CT molecular complexity index is 1420. The molecule has 1 unspecified atom stereocenters. The number of hydrogen-bond acceptors (Lipinski definition) is 6. The first-order valence-corrected chi connectivity index (χ1v) is 11.5. The van der Waals surface area contributed by atoms with Gasteiger partial charge in [-0.25, -0.2) is 17.9 Å². The fourth-order valence-corrected chi connectivity index (χ4v) is 5.18. The van der Waals surface area contributed by atoms with Gasteiger partial charge in [-0.15, -0.1) is 0 Å². The SMILES string of the molecule is Cc1cccnc1C(Cc1ccsc1)NS(=O)(=O)c1ccc2[nH]c(=O)[nH]c(=O)c2c1. The zero-order valence-electron chi connectivity index (χ0n) is 15.9. The van der Waals surface area contributed by atoms with E-state index in [4.69, 9.17) is 0 Å². The van der Waals surface area contributed by atoms with Gasteiger partial charge >= 0.3 is 5.69 Å². The molecule has 1 atom stereocenters. The summed E-state index contributed by atoms with van der Waals surface area (Å²) in [7, 11) is -3.98. The van der Waals surface area contributed by atoms with E-state index in [1.807, 2.05) is 29.8 Å². The topological polar surface area (TPSA) is 125 Å². The number of nitrogens with one attached hydrogen (secondary N) is 3. The van der Waals surface area contributed by atoms with Gasteiger partial charge in [0.15, 0.2) is 0 Å². The van der Waals surface area contributed by atoms with Crippen LogP contribution in [0.3, 0.4) is 0 Å². The zero-order chi connectivity index (χ0) is 21.3. The van der Waals surface area contributed by atoms with Crippen LogP contribution in [0.1, 0.15) is 22.9 Å². The van der Waals surface area contributed by atoms with Gasteiger partial charge in [0.2, 0.25) is 10.0 Å². The predicted octanol–water partition coefficient (Wildman–Crippen LogP) is 2.24. The molecule has 0 bridgehead atoms. The van der Waals surface area contributed by atoms with Crippen LogP contribution in [0.2, 0.25) is 0 Å². The average molecular weight is 443 g/mol. The van der Waals surface area contributed by atoms with Crippen molar-refractivity contribution >= 4 is 32.3 Å². The number of pyridine rings is 1. The fraction of sp³-hybridized carbons (Fsp3) is 0.150. The van der Waals surface area contributed by atoms with Crippen LogP contribution < -0.4 is 16.0 Å². The summed E-state index contributed by atoms with van der Waals surface area (Å²) in [5.41, 5.74) is 1.45. The zero-order valence-corrected chi connectivity index (χ0v) is 17.5. The van der Waals surface area contributed by atoms with Crippen LogP contribution in [-0.4, -0.2) is 23.4 Å². The predicted molar refractivity (Wildman–Crippen MR) is 115 cm³/mol. The number of benzene rings is 1. The molecule has 0 aliphatic rings. The first kappa shape index (κ1) is 20.2. The molecule has 154 valence electrons. The number of fused-ring (bicyclic) bond motifs is 1. The fourth-order valence-electron chi connectivity index (χ4n) is 3.27. The summed E-state index contributed by atoms with van der Waals surface area (Å²) in [6.45, 7) is 1.88. The van der Waals surface area contributed by atoms with Crippen molar-refractivity contribution in [2.24, 2.45) is 0 Å². The second-order valence-electron chi connectivity index (χ2n) is 6.83. The number of aryl methyl sites for hydroxylation is 1. The number of sulfonamides is 1. The Kier molecular flexibility index (Phi) is 5.37.